The summed E-state index contributed by atoms with van der Waals surface area (Å²) in [7, 11) is 0. The Morgan fingerprint density at radius 2 is 1.60 bits per heavy atom. The molecule has 2 aromatic rings. The minimum absolute atomic E-state index is 0.00250. The van der Waals surface area contributed by atoms with Crippen LogP contribution in [0.5, 0.6) is 0 Å². The van der Waals surface area contributed by atoms with E-state index in [1.807, 2.05) is 29.2 Å². The number of ether oxygens (including phenoxy) is 1. The predicted octanol–water partition coefficient (Wildman–Crippen LogP) is 4.16. The number of nitrogens with one attached hydrogen (secondary N) is 1. The molecule has 0 aromatic heterocycles. The Labute approximate surface area is 204 Å². The number of carbonyl (C=O) groups is 3. The number of aliphatic carboxylic acids is 1. The van der Waals surface area contributed by atoms with Crippen LogP contribution in [0.15, 0.2) is 48.5 Å². The molecule has 2 aliphatic heterocycles. The van der Waals surface area contributed by atoms with E-state index in [-0.39, 0.29) is 42.5 Å². The van der Waals surface area contributed by atoms with Crippen molar-refractivity contribution in [3.05, 3.63) is 59.7 Å². The molecular formula is C28H30N2O5. The summed E-state index contributed by atoms with van der Waals surface area (Å²) in [5.74, 6) is -1.60. The maximum absolute atomic E-state index is 13.5. The molecule has 7 nitrogen and oxygen atoms in total. The van der Waals surface area contributed by atoms with E-state index in [4.69, 9.17) is 4.74 Å². The van der Waals surface area contributed by atoms with Crippen LogP contribution < -0.4 is 5.32 Å². The second-order valence-corrected chi connectivity index (χ2v) is 10.3. The van der Waals surface area contributed by atoms with Crippen LogP contribution in [0, 0.1) is 11.8 Å². The number of nitrogens with zero attached hydrogens (tertiary/aromatic N) is 1. The van der Waals surface area contributed by atoms with Gasteiger partial charge in [-0.1, -0.05) is 55.0 Å². The molecule has 2 aromatic carbocycles. The van der Waals surface area contributed by atoms with Gasteiger partial charge in [0.05, 0.1) is 11.8 Å². The number of fused-ring (bicyclic) bond motifs is 5. The summed E-state index contributed by atoms with van der Waals surface area (Å²) in [4.78, 5) is 39.7. The lowest BCUT2D eigenvalue weighted by Gasteiger charge is -2.29. The molecule has 2 aliphatic carbocycles. The number of hydrogen-bond donors (Lipinski definition) is 2. The Kier molecular flexibility index (Phi) is 5.50. The molecule has 2 N–H and O–H groups in total. The van der Waals surface area contributed by atoms with Gasteiger partial charge in [0.2, 0.25) is 5.91 Å². The van der Waals surface area contributed by atoms with Gasteiger partial charge in [-0.2, -0.15) is 0 Å². The standard InChI is InChI=1S/C28H30N2O5/c31-26(30-16-12-13-25(30)22(14-16)27(32)33)21-10-5-11-24(21)29-28(34)35-15-23-19-8-3-1-6-17(19)18-7-2-4-9-20(18)23/h1-4,6-9,16,21-25H,5,10-15H2,(H,29,34)(H,32,33)/t16?,21-,22?,24+,25?/m1/s1. The molecule has 2 amide bonds. The maximum atomic E-state index is 13.5. The summed E-state index contributed by atoms with van der Waals surface area (Å²) in [6.07, 6.45) is 3.97. The third kappa shape index (κ3) is 3.68. The SMILES string of the molecule is O=C(N[C@H]1CCC[C@H]1C(=O)N1C2CCC1C(C(=O)O)C2)OCC1c2ccccc2-c2ccccc21. The number of carbonyl (C=O) groups excluding carboxylic acids is 2. The minimum atomic E-state index is -0.810. The molecule has 182 valence electrons. The van der Waals surface area contributed by atoms with Gasteiger partial charge in [-0.3, -0.25) is 9.59 Å². The highest BCUT2D eigenvalue weighted by Crippen LogP contribution is 2.45. The molecule has 3 fully saturated rings. The van der Waals surface area contributed by atoms with Crippen LogP contribution in [0.1, 0.15) is 55.6 Å². The maximum Gasteiger partial charge on any atom is 0.407 e. The third-order valence-corrected chi connectivity index (χ3v) is 8.59. The number of carboxylic acid groups (broad SMARTS) is 1. The molecule has 2 saturated heterocycles. The number of benzene rings is 2. The molecule has 1 saturated carbocycles. The second kappa shape index (κ2) is 8.70. The third-order valence-electron chi connectivity index (χ3n) is 8.59. The summed E-state index contributed by atoms with van der Waals surface area (Å²) in [6, 6.07) is 16.0. The molecule has 2 bridgehead atoms. The zero-order valence-corrected chi connectivity index (χ0v) is 19.6. The summed E-state index contributed by atoms with van der Waals surface area (Å²) < 4.78 is 5.71. The van der Waals surface area contributed by atoms with Gasteiger partial charge in [-0.15, -0.1) is 0 Å². The van der Waals surface area contributed by atoms with Gasteiger partial charge in [-0.05, 0) is 54.4 Å². The van der Waals surface area contributed by atoms with Crippen LogP contribution in [0.2, 0.25) is 0 Å². The van der Waals surface area contributed by atoms with Crippen molar-refractivity contribution < 1.29 is 24.2 Å². The Hall–Kier alpha value is -3.35. The predicted molar refractivity (Wildman–Crippen MR) is 129 cm³/mol. The zero-order valence-electron chi connectivity index (χ0n) is 19.6. The minimum Gasteiger partial charge on any atom is -0.481 e. The van der Waals surface area contributed by atoms with Gasteiger partial charge in [0, 0.05) is 24.0 Å². The average molecular weight is 475 g/mol. The number of hydrogen-bond acceptors (Lipinski definition) is 4. The van der Waals surface area contributed by atoms with Crippen molar-refractivity contribution in [2.75, 3.05) is 6.61 Å². The van der Waals surface area contributed by atoms with Crippen LogP contribution in [0.4, 0.5) is 4.79 Å². The van der Waals surface area contributed by atoms with Gasteiger partial charge in [0.25, 0.3) is 0 Å². The van der Waals surface area contributed by atoms with Crippen molar-refractivity contribution in [2.45, 2.75) is 62.6 Å². The fourth-order valence-electron chi connectivity index (χ4n) is 7.01. The smallest absolute Gasteiger partial charge is 0.407 e. The Balaban J connectivity index is 1.10. The number of carboxylic acids is 1. The van der Waals surface area contributed by atoms with Gasteiger partial charge in [0.15, 0.2) is 0 Å². The molecular weight excluding hydrogens is 444 g/mol. The van der Waals surface area contributed by atoms with E-state index < -0.39 is 18.0 Å². The lowest BCUT2D eigenvalue weighted by atomic mass is 9.89. The van der Waals surface area contributed by atoms with E-state index in [0.717, 1.165) is 36.8 Å². The van der Waals surface area contributed by atoms with E-state index in [1.165, 1.54) is 11.1 Å². The Morgan fingerprint density at radius 3 is 2.26 bits per heavy atom. The van der Waals surface area contributed by atoms with E-state index in [0.29, 0.717) is 12.8 Å². The first-order chi connectivity index (χ1) is 17.0. The average Bonchev–Trinajstić information content (AvgIpc) is 3.64. The first-order valence-corrected chi connectivity index (χ1v) is 12.7. The van der Waals surface area contributed by atoms with Gasteiger partial charge in [0.1, 0.15) is 6.61 Å². The molecule has 6 rings (SSSR count). The Morgan fingerprint density at radius 1 is 0.914 bits per heavy atom. The van der Waals surface area contributed by atoms with Crippen LogP contribution in [-0.2, 0) is 14.3 Å². The van der Waals surface area contributed by atoms with Crippen molar-refractivity contribution in [3.8, 4) is 11.1 Å². The highest BCUT2D eigenvalue weighted by atomic mass is 16.5. The van der Waals surface area contributed by atoms with Crippen LogP contribution in [0.25, 0.3) is 11.1 Å². The number of amides is 2. The van der Waals surface area contributed by atoms with Crippen molar-refractivity contribution in [1.29, 1.82) is 0 Å². The van der Waals surface area contributed by atoms with Crippen LogP contribution in [0.3, 0.4) is 0 Å². The summed E-state index contributed by atoms with van der Waals surface area (Å²) in [6.45, 7) is 0.238. The zero-order chi connectivity index (χ0) is 24.1. The second-order valence-electron chi connectivity index (χ2n) is 10.3. The monoisotopic (exact) mass is 474 g/mol. The molecule has 3 unspecified atom stereocenters. The highest BCUT2D eigenvalue weighted by Gasteiger charge is 2.53. The van der Waals surface area contributed by atoms with E-state index in [9.17, 15) is 19.5 Å². The molecule has 5 atom stereocenters. The number of alkyl carbamates (subject to hydrolysis) is 1. The number of rotatable bonds is 5. The molecule has 35 heavy (non-hydrogen) atoms. The van der Waals surface area contributed by atoms with Crippen molar-refractivity contribution >= 4 is 18.0 Å². The fourth-order valence-corrected chi connectivity index (χ4v) is 7.01. The van der Waals surface area contributed by atoms with Crippen molar-refractivity contribution in [3.63, 3.8) is 0 Å². The topological polar surface area (TPSA) is 95.9 Å². The Bertz CT molecular complexity index is 1130. The largest absolute Gasteiger partial charge is 0.481 e. The molecule has 4 aliphatic rings. The lowest BCUT2D eigenvalue weighted by molar-refractivity contribution is -0.143. The quantitative estimate of drug-likeness (QED) is 0.679. The van der Waals surface area contributed by atoms with E-state index in [2.05, 4.69) is 29.6 Å². The fraction of sp³-hybridized carbons (Fsp3) is 0.464. The van der Waals surface area contributed by atoms with E-state index in [1.54, 1.807) is 0 Å². The van der Waals surface area contributed by atoms with Crippen molar-refractivity contribution in [2.24, 2.45) is 11.8 Å². The van der Waals surface area contributed by atoms with Gasteiger partial charge in [-0.25, -0.2) is 4.79 Å². The van der Waals surface area contributed by atoms with Gasteiger partial charge < -0.3 is 20.1 Å². The molecule has 7 heteroatoms. The normalized spacial score (nSPS) is 28.6. The first kappa shape index (κ1) is 22.1. The van der Waals surface area contributed by atoms with Gasteiger partial charge >= 0.3 is 12.1 Å². The van der Waals surface area contributed by atoms with E-state index >= 15 is 0 Å². The van der Waals surface area contributed by atoms with Crippen LogP contribution >= 0.6 is 0 Å². The highest BCUT2D eigenvalue weighted by molar-refractivity contribution is 5.84. The summed E-state index contributed by atoms with van der Waals surface area (Å²) >= 11 is 0. The summed E-state index contributed by atoms with van der Waals surface area (Å²) in [5.41, 5.74) is 4.68. The molecule has 0 spiro atoms. The van der Waals surface area contributed by atoms with Crippen molar-refractivity contribution in [1.82, 2.24) is 10.2 Å². The molecule has 2 heterocycles. The lowest BCUT2D eigenvalue weighted by Crippen LogP contribution is -2.48. The first-order valence-electron chi connectivity index (χ1n) is 12.7. The molecule has 0 radical (unpaired) electrons. The summed E-state index contributed by atoms with van der Waals surface area (Å²) in [5, 5.41) is 12.5. The van der Waals surface area contributed by atoms with Crippen LogP contribution in [-0.4, -0.2) is 52.7 Å².